The minimum atomic E-state index is 0.0624. The average Bonchev–Trinajstić information content (AvgIpc) is 3.26. The van der Waals surface area contributed by atoms with E-state index < -0.39 is 0 Å². The smallest absolute Gasteiger partial charge is 0.220 e. The summed E-state index contributed by atoms with van der Waals surface area (Å²) in [5, 5.41) is 4.10. The molecule has 4 heteroatoms. The molecule has 4 nitrogen and oxygen atoms in total. The lowest BCUT2D eigenvalue weighted by Crippen LogP contribution is -2.22. The van der Waals surface area contributed by atoms with Crippen LogP contribution in [0.2, 0.25) is 0 Å². The third kappa shape index (κ3) is 7.00. The van der Waals surface area contributed by atoms with Gasteiger partial charge in [0, 0.05) is 49.1 Å². The number of carbonyl (C=O) groups is 1. The molecule has 3 aromatic rings. The molecule has 0 aliphatic heterocycles. The summed E-state index contributed by atoms with van der Waals surface area (Å²) < 4.78 is 2.45. The van der Waals surface area contributed by atoms with Gasteiger partial charge in [0.1, 0.15) is 0 Å². The van der Waals surface area contributed by atoms with Gasteiger partial charge in [-0.25, -0.2) is 0 Å². The van der Waals surface area contributed by atoms with E-state index in [1.54, 1.807) is 7.05 Å². The molecule has 2 aliphatic rings. The van der Waals surface area contributed by atoms with Gasteiger partial charge in [-0.3, -0.25) is 4.79 Å². The van der Waals surface area contributed by atoms with Crippen molar-refractivity contribution in [1.82, 2.24) is 9.88 Å². The monoisotopic (exact) mass is 487 g/mol. The number of rotatable bonds is 6. The van der Waals surface area contributed by atoms with Crippen LogP contribution in [0.4, 0.5) is 0 Å². The average molecular weight is 488 g/mol. The highest BCUT2D eigenvalue weighted by atomic mass is 16.1. The first-order valence-corrected chi connectivity index (χ1v) is 14.2. The van der Waals surface area contributed by atoms with Crippen LogP contribution in [0.5, 0.6) is 0 Å². The summed E-state index contributed by atoms with van der Waals surface area (Å²) in [5.74, 6) is 0.914. The number of para-hydroxylation sites is 1. The first-order chi connectivity index (χ1) is 17.5. The summed E-state index contributed by atoms with van der Waals surface area (Å²) in [6.07, 6.45) is 16.2. The van der Waals surface area contributed by atoms with Gasteiger partial charge >= 0.3 is 0 Å². The molecule has 5 rings (SSSR count). The maximum atomic E-state index is 12.4. The molecular formula is C32H45N3O. The van der Waals surface area contributed by atoms with Gasteiger partial charge in [0.15, 0.2) is 0 Å². The number of nitrogens with one attached hydrogen (secondary N) is 1. The first-order valence-electron chi connectivity index (χ1n) is 14.2. The van der Waals surface area contributed by atoms with Crippen molar-refractivity contribution in [2.45, 2.75) is 96.1 Å². The van der Waals surface area contributed by atoms with Gasteiger partial charge in [-0.2, -0.15) is 0 Å². The number of fused-ring (bicyclic) bond motifs is 1. The van der Waals surface area contributed by atoms with E-state index in [-0.39, 0.29) is 11.8 Å². The van der Waals surface area contributed by atoms with Crippen LogP contribution in [0, 0.1) is 12.8 Å². The summed E-state index contributed by atoms with van der Waals surface area (Å²) in [7, 11) is 1.72. The number of nitrogens with zero attached hydrogens (tertiary/aromatic N) is 1. The summed E-state index contributed by atoms with van der Waals surface area (Å²) >= 11 is 0. The van der Waals surface area contributed by atoms with Gasteiger partial charge in [-0.05, 0) is 55.7 Å². The second-order valence-electron chi connectivity index (χ2n) is 11.0. The van der Waals surface area contributed by atoms with Gasteiger partial charge in [0.25, 0.3) is 0 Å². The van der Waals surface area contributed by atoms with Crippen molar-refractivity contribution in [3.05, 3.63) is 71.4 Å². The topological polar surface area (TPSA) is 60.0 Å². The number of nitrogens with two attached hydrogens (primary N) is 1. The molecule has 2 aliphatic carbocycles. The van der Waals surface area contributed by atoms with Crippen LogP contribution in [0.25, 0.3) is 10.9 Å². The van der Waals surface area contributed by atoms with Gasteiger partial charge in [0.05, 0.1) is 0 Å². The van der Waals surface area contributed by atoms with Gasteiger partial charge in [-0.1, -0.05) is 86.6 Å². The third-order valence-corrected chi connectivity index (χ3v) is 8.14. The van der Waals surface area contributed by atoms with Gasteiger partial charge < -0.3 is 15.6 Å². The molecule has 3 N–H and O–H groups in total. The van der Waals surface area contributed by atoms with E-state index >= 15 is 0 Å². The molecule has 194 valence electrons. The summed E-state index contributed by atoms with van der Waals surface area (Å²) in [6.45, 7) is 3.20. The number of hydrogen-bond acceptors (Lipinski definition) is 2. The third-order valence-electron chi connectivity index (χ3n) is 8.14. The second kappa shape index (κ2) is 13.1. The highest BCUT2D eigenvalue weighted by molar-refractivity contribution is 5.86. The molecule has 2 fully saturated rings. The van der Waals surface area contributed by atoms with E-state index in [0.29, 0.717) is 12.5 Å². The Morgan fingerprint density at radius 1 is 0.972 bits per heavy atom. The Labute approximate surface area is 217 Å². The summed E-state index contributed by atoms with van der Waals surface area (Å²) in [5.41, 5.74) is 10.6. The molecule has 1 amide bonds. The zero-order valence-corrected chi connectivity index (χ0v) is 22.3. The molecule has 1 unspecified atom stereocenters. The van der Waals surface area contributed by atoms with Gasteiger partial charge in [0.2, 0.25) is 5.91 Å². The van der Waals surface area contributed by atoms with Crippen LogP contribution in [-0.2, 0) is 11.3 Å². The van der Waals surface area contributed by atoms with Crippen molar-refractivity contribution in [1.29, 1.82) is 0 Å². The molecular weight excluding hydrogens is 442 g/mol. The molecule has 1 heterocycles. The van der Waals surface area contributed by atoms with Gasteiger partial charge in [-0.15, -0.1) is 0 Å². The number of aromatic nitrogens is 1. The Balaban J connectivity index is 0.000000375. The lowest BCUT2D eigenvalue weighted by atomic mass is 9.87. The predicted octanol–water partition coefficient (Wildman–Crippen LogP) is 7.08. The highest BCUT2D eigenvalue weighted by Gasteiger charge is 2.23. The van der Waals surface area contributed by atoms with Crippen LogP contribution in [0.1, 0.15) is 93.2 Å². The summed E-state index contributed by atoms with van der Waals surface area (Å²) in [4.78, 5) is 12.4. The van der Waals surface area contributed by atoms with Crippen LogP contribution in [0.15, 0.2) is 54.7 Å². The summed E-state index contributed by atoms with van der Waals surface area (Å²) in [6, 6.07) is 17.8. The number of aryl methyl sites for hydroxylation is 1. The quantitative estimate of drug-likeness (QED) is 0.390. The van der Waals surface area contributed by atoms with Crippen LogP contribution >= 0.6 is 0 Å². The highest BCUT2D eigenvalue weighted by Crippen LogP contribution is 2.36. The lowest BCUT2D eigenvalue weighted by Gasteiger charge is -2.22. The van der Waals surface area contributed by atoms with E-state index in [0.717, 1.165) is 12.5 Å². The number of carbonyl (C=O) groups excluding carboxylic acids is 1. The fraction of sp³-hybridized carbons (Fsp3) is 0.531. The van der Waals surface area contributed by atoms with Crippen molar-refractivity contribution in [2.24, 2.45) is 11.7 Å². The van der Waals surface area contributed by atoms with Crippen molar-refractivity contribution < 1.29 is 4.79 Å². The molecule has 1 atom stereocenters. The minimum absolute atomic E-state index is 0.0624. The molecule has 0 spiro atoms. The van der Waals surface area contributed by atoms with E-state index in [1.807, 2.05) is 0 Å². The fourth-order valence-electron chi connectivity index (χ4n) is 6.07. The fourth-order valence-corrected chi connectivity index (χ4v) is 6.07. The van der Waals surface area contributed by atoms with Crippen molar-refractivity contribution in [3.8, 4) is 0 Å². The Morgan fingerprint density at radius 3 is 2.31 bits per heavy atom. The normalized spacial score (nSPS) is 17.9. The molecule has 0 bridgehead atoms. The SMILES string of the molecule is CNC(=O)CC(c1cccc(C)c1)c1cn(CC2CCCCC2)c2ccccc12.NC1CCCCC1. The van der Waals surface area contributed by atoms with E-state index in [9.17, 15) is 4.79 Å². The maximum Gasteiger partial charge on any atom is 0.220 e. The minimum Gasteiger partial charge on any atom is -0.359 e. The molecule has 0 saturated heterocycles. The van der Waals surface area contributed by atoms with E-state index in [2.05, 4.69) is 71.5 Å². The lowest BCUT2D eigenvalue weighted by molar-refractivity contribution is -0.120. The zero-order valence-electron chi connectivity index (χ0n) is 22.3. The number of benzene rings is 2. The van der Waals surface area contributed by atoms with Crippen LogP contribution in [0.3, 0.4) is 0 Å². The number of amides is 1. The predicted molar refractivity (Wildman–Crippen MR) is 151 cm³/mol. The Kier molecular flexibility index (Phi) is 9.63. The molecule has 36 heavy (non-hydrogen) atoms. The Bertz CT molecular complexity index is 1110. The largest absolute Gasteiger partial charge is 0.359 e. The maximum absolute atomic E-state index is 12.4. The van der Waals surface area contributed by atoms with Crippen LogP contribution < -0.4 is 11.1 Å². The molecule has 2 saturated carbocycles. The molecule has 0 radical (unpaired) electrons. The molecule has 1 aromatic heterocycles. The van der Waals surface area contributed by atoms with Crippen molar-refractivity contribution >= 4 is 16.8 Å². The Morgan fingerprint density at radius 2 is 1.67 bits per heavy atom. The van der Waals surface area contributed by atoms with Crippen molar-refractivity contribution in [2.75, 3.05) is 7.05 Å². The Hall–Kier alpha value is -2.59. The second-order valence-corrected chi connectivity index (χ2v) is 11.0. The van der Waals surface area contributed by atoms with Crippen LogP contribution in [-0.4, -0.2) is 23.6 Å². The standard InChI is InChI=1S/C26H32N2O.C6H13N/c1-19-9-8-12-21(15-19)23(16-26(29)27-2)24-18-28(17-20-10-4-3-5-11-20)25-14-7-6-13-22(24)25;7-6-4-2-1-3-5-6/h6-9,12-15,18,20,23H,3-5,10-11,16-17H2,1-2H3,(H,27,29);6H,1-5,7H2. The molecule has 2 aromatic carbocycles. The van der Waals surface area contributed by atoms with E-state index in [4.69, 9.17) is 5.73 Å². The van der Waals surface area contributed by atoms with E-state index in [1.165, 1.54) is 91.8 Å². The van der Waals surface area contributed by atoms with Crippen molar-refractivity contribution in [3.63, 3.8) is 0 Å². The zero-order chi connectivity index (χ0) is 25.3. The first kappa shape index (κ1) is 26.5. The number of hydrogen-bond donors (Lipinski definition) is 2.